The molecule has 3 atom stereocenters. The Bertz CT molecular complexity index is 215. The van der Waals surface area contributed by atoms with Gasteiger partial charge < -0.3 is 15.5 Å². The van der Waals surface area contributed by atoms with E-state index in [2.05, 4.69) is 25.9 Å². The molecular formula is C10H21N3O. The van der Waals surface area contributed by atoms with Crippen molar-refractivity contribution in [2.24, 2.45) is 5.73 Å². The van der Waals surface area contributed by atoms with Crippen LogP contribution in [0.25, 0.3) is 0 Å². The Hall–Kier alpha value is -0.610. The lowest BCUT2D eigenvalue weighted by atomic mass is 10.1. The van der Waals surface area contributed by atoms with Gasteiger partial charge in [0.1, 0.15) is 0 Å². The molecule has 4 nitrogen and oxygen atoms in total. The van der Waals surface area contributed by atoms with E-state index in [0.717, 1.165) is 13.0 Å². The third-order valence-corrected chi connectivity index (χ3v) is 3.05. The highest BCUT2D eigenvalue weighted by Gasteiger charge is 2.35. The van der Waals surface area contributed by atoms with Crippen LogP contribution in [0.15, 0.2) is 0 Å². The van der Waals surface area contributed by atoms with Crippen LogP contribution in [0.4, 0.5) is 0 Å². The second kappa shape index (κ2) is 4.28. The molecule has 0 saturated carbocycles. The van der Waals surface area contributed by atoms with E-state index >= 15 is 0 Å². The molecule has 82 valence electrons. The summed E-state index contributed by atoms with van der Waals surface area (Å²) >= 11 is 0. The van der Waals surface area contributed by atoms with Crippen molar-refractivity contribution in [2.75, 3.05) is 20.6 Å². The maximum atomic E-state index is 11.7. The fourth-order valence-electron chi connectivity index (χ4n) is 2.19. The fourth-order valence-corrected chi connectivity index (χ4v) is 2.19. The molecule has 0 spiro atoms. The summed E-state index contributed by atoms with van der Waals surface area (Å²) in [4.78, 5) is 15.8. The zero-order chi connectivity index (χ0) is 10.9. The summed E-state index contributed by atoms with van der Waals surface area (Å²) in [5.41, 5.74) is 5.59. The van der Waals surface area contributed by atoms with Crippen LogP contribution in [-0.2, 0) is 4.79 Å². The van der Waals surface area contributed by atoms with E-state index in [-0.39, 0.29) is 18.0 Å². The summed E-state index contributed by atoms with van der Waals surface area (Å²) < 4.78 is 0. The molecule has 1 aliphatic rings. The SMILES string of the molecule is CC1C(N(C)C)CCN1C(=O)[C@@H](C)N. The van der Waals surface area contributed by atoms with Gasteiger partial charge in [-0.25, -0.2) is 0 Å². The van der Waals surface area contributed by atoms with Gasteiger partial charge in [-0.1, -0.05) is 0 Å². The Morgan fingerprint density at radius 2 is 2.14 bits per heavy atom. The lowest BCUT2D eigenvalue weighted by Gasteiger charge is -2.29. The minimum atomic E-state index is -0.377. The van der Waals surface area contributed by atoms with Crippen LogP contribution in [0.3, 0.4) is 0 Å². The van der Waals surface area contributed by atoms with Gasteiger partial charge in [0.15, 0.2) is 0 Å². The number of rotatable bonds is 2. The predicted molar refractivity (Wildman–Crippen MR) is 56.9 cm³/mol. The first-order chi connectivity index (χ1) is 6.45. The lowest BCUT2D eigenvalue weighted by Crippen LogP contribution is -2.47. The molecule has 4 heteroatoms. The van der Waals surface area contributed by atoms with Crippen molar-refractivity contribution in [3.8, 4) is 0 Å². The molecule has 0 aromatic rings. The van der Waals surface area contributed by atoms with Gasteiger partial charge in [-0.15, -0.1) is 0 Å². The molecule has 1 rings (SSSR count). The highest BCUT2D eigenvalue weighted by molar-refractivity contribution is 5.81. The first-order valence-electron chi connectivity index (χ1n) is 5.17. The molecular weight excluding hydrogens is 178 g/mol. The number of carbonyl (C=O) groups is 1. The number of nitrogens with two attached hydrogens (primary N) is 1. The van der Waals surface area contributed by atoms with Crippen LogP contribution in [0, 0.1) is 0 Å². The molecule has 1 fully saturated rings. The molecule has 14 heavy (non-hydrogen) atoms. The van der Waals surface area contributed by atoms with Crippen LogP contribution in [0.2, 0.25) is 0 Å². The Labute approximate surface area is 86.0 Å². The normalized spacial score (nSPS) is 29.7. The van der Waals surface area contributed by atoms with Gasteiger partial charge in [-0.2, -0.15) is 0 Å². The minimum Gasteiger partial charge on any atom is -0.337 e. The van der Waals surface area contributed by atoms with Crippen molar-refractivity contribution >= 4 is 5.91 Å². The Balaban J connectivity index is 2.64. The van der Waals surface area contributed by atoms with Crippen molar-refractivity contribution in [1.82, 2.24) is 9.80 Å². The van der Waals surface area contributed by atoms with E-state index in [9.17, 15) is 4.79 Å². The highest BCUT2D eigenvalue weighted by atomic mass is 16.2. The van der Waals surface area contributed by atoms with Gasteiger partial charge >= 0.3 is 0 Å². The smallest absolute Gasteiger partial charge is 0.239 e. The molecule has 1 aliphatic heterocycles. The number of nitrogens with zero attached hydrogens (tertiary/aromatic N) is 2. The Morgan fingerprint density at radius 3 is 2.50 bits per heavy atom. The van der Waals surface area contributed by atoms with Crippen molar-refractivity contribution in [1.29, 1.82) is 0 Å². The Morgan fingerprint density at radius 1 is 1.57 bits per heavy atom. The van der Waals surface area contributed by atoms with E-state index in [1.807, 2.05) is 4.90 Å². The number of hydrogen-bond acceptors (Lipinski definition) is 3. The van der Waals surface area contributed by atoms with Crippen molar-refractivity contribution in [2.45, 2.75) is 38.4 Å². The first-order valence-corrected chi connectivity index (χ1v) is 5.17. The van der Waals surface area contributed by atoms with Crippen LogP contribution in [0.5, 0.6) is 0 Å². The molecule has 0 bridgehead atoms. The van der Waals surface area contributed by atoms with Crippen LogP contribution >= 0.6 is 0 Å². The molecule has 1 amide bonds. The standard InChI is InChI=1S/C10H21N3O/c1-7(11)10(14)13-6-5-9(8(13)2)12(3)4/h7-9H,5-6,11H2,1-4H3/t7-,8?,9?/m1/s1. The summed E-state index contributed by atoms with van der Waals surface area (Å²) in [5.74, 6) is 0.0712. The summed E-state index contributed by atoms with van der Waals surface area (Å²) in [6, 6.07) is 0.375. The molecule has 1 saturated heterocycles. The summed E-state index contributed by atoms with van der Waals surface area (Å²) in [6.07, 6.45) is 1.05. The maximum absolute atomic E-state index is 11.7. The third kappa shape index (κ3) is 2.07. The minimum absolute atomic E-state index is 0.0712. The van der Waals surface area contributed by atoms with Crippen LogP contribution in [0.1, 0.15) is 20.3 Å². The van der Waals surface area contributed by atoms with Gasteiger partial charge in [0.25, 0.3) is 0 Å². The number of likely N-dealkylation sites (N-methyl/N-ethyl adjacent to an activating group) is 1. The molecule has 0 aromatic carbocycles. The van der Waals surface area contributed by atoms with Crippen LogP contribution < -0.4 is 5.73 Å². The number of likely N-dealkylation sites (tertiary alicyclic amines) is 1. The zero-order valence-corrected chi connectivity index (χ0v) is 9.53. The quantitative estimate of drug-likeness (QED) is 0.675. The maximum Gasteiger partial charge on any atom is 0.239 e. The summed E-state index contributed by atoms with van der Waals surface area (Å²) in [7, 11) is 4.11. The van der Waals surface area contributed by atoms with Crippen LogP contribution in [-0.4, -0.2) is 54.5 Å². The second-order valence-corrected chi connectivity index (χ2v) is 4.38. The van der Waals surface area contributed by atoms with Crippen molar-refractivity contribution < 1.29 is 4.79 Å². The van der Waals surface area contributed by atoms with Gasteiger partial charge in [-0.3, -0.25) is 4.79 Å². The van der Waals surface area contributed by atoms with E-state index in [1.165, 1.54) is 0 Å². The summed E-state index contributed by atoms with van der Waals surface area (Å²) in [6.45, 7) is 4.68. The fraction of sp³-hybridized carbons (Fsp3) is 0.900. The molecule has 0 aromatic heterocycles. The van der Waals surface area contributed by atoms with Gasteiger partial charge in [0.2, 0.25) is 5.91 Å². The number of hydrogen-bond donors (Lipinski definition) is 1. The van der Waals surface area contributed by atoms with Crippen molar-refractivity contribution in [3.63, 3.8) is 0 Å². The van der Waals surface area contributed by atoms with Gasteiger partial charge in [-0.05, 0) is 34.4 Å². The number of amides is 1. The second-order valence-electron chi connectivity index (χ2n) is 4.38. The van der Waals surface area contributed by atoms with Gasteiger partial charge in [0, 0.05) is 18.6 Å². The van der Waals surface area contributed by atoms with Gasteiger partial charge in [0.05, 0.1) is 6.04 Å². The first kappa shape index (κ1) is 11.5. The highest BCUT2D eigenvalue weighted by Crippen LogP contribution is 2.21. The molecule has 0 radical (unpaired) electrons. The monoisotopic (exact) mass is 199 g/mol. The average Bonchev–Trinajstić information content (AvgIpc) is 2.45. The zero-order valence-electron chi connectivity index (χ0n) is 9.53. The topological polar surface area (TPSA) is 49.6 Å². The number of carbonyl (C=O) groups excluding carboxylic acids is 1. The van der Waals surface area contributed by atoms with Crippen molar-refractivity contribution in [3.05, 3.63) is 0 Å². The lowest BCUT2D eigenvalue weighted by molar-refractivity contribution is -0.133. The third-order valence-electron chi connectivity index (χ3n) is 3.05. The predicted octanol–water partition coefficient (Wildman–Crippen LogP) is -0.115. The summed E-state index contributed by atoms with van der Waals surface area (Å²) in [5, 5.41) is 0. The van der Waals surface area contributed by atoms with E-state index < -0.39 is 0 Å². The van der Waals surface area contributed by atoms with E-state index in [0.29, 0.717) is 6.04 Å². The van der Waals surface area contributed by atoms with E-state index in [1.54, 1.807) is 6.92 Å². The molecule has 0 aliphatic carbocycles. The van der Waals surface area contributed by atoms with E-state index in [4.69, 9.17) is 5.73 Å². The molecule has 1 heterocycles. The molecule has 2 unspecified atom stereocenters. The largest absolute Gasteiger partial charge is 0.337 e. The molecule has 2 N–H and O–H groups in total. The Kier molecular flexibility index (Phi) is 3.50. The average molecular weight is 199 g/mol.